The summed E-state index contributed by atoms with van der Waals surface area (Å²) < 4.78 is 22.1. The molecule has 1 saturated heterocycles. The van der Waals surface area contributed by atoms with Crippen LogP contribution in [0.25, 0.3) is 0 Å². The maximum atomic E-state index is 12.7. The van der Waals surface area contributed by atoms with Gasteiger partial charge in [0.05, 0.1) is 13.2 Å². The van der Waals surface area contributed by atoms with E-state index in [9.17, 15) is 30.0 Å². The molecule has 10 heteroatoms. The molecule has 1 heterocycles. The molecule has 2 unspecified atom stereocenters. The molecule has 1 fully saturated rings. The van der Waals surface area contributed by atoms with Gasteiger partial charge in [0.25, 0.3) is 0 Å². The highest BCUT2D eigenvalue weighted by molar-refractivity contribution is 5.70. The van der Waals surface area contributed by atoms with Crippen LogP contribution in [0.5, 0.6) is 0 Å². The molecule has 0 aliphatic carbocycles. The Hall–Kier alpha value is -2.60. The highest BCUT2D eigenvalue weighted by atomic mass is 16.7. The van der Waals surface area contributed by atoms with E-state index in [-0.39, 0.29) is 26.1 Å². The zero-order valence-electron chi connectivity index (χ0n) is 34.2. The number of hydrogen-bond donors (Lipinski definition) is 4. The van der Waals surface area contributed by atoms with Crippen molar-refractivity contribution >= 4 is 11.9 Å². The minimum Gasteiger partial charge on any atom is -0.462 e. The maximum absolute atomic E-state index is 12.7. The number of esters is 2. The van der Waals surface area contributed by atoms with Gasteiger partial charge in [0.15, 0.2) is 12.4 Å². The Kier molecular flexibility index (Phi) is 32.8. The molecule has 1 rings (SSSR count). The van der Waals surface area contributed by atoms with Crippen LogP contribution >= 0.6 is 0 Å². The molecule has 0 aromatic heterocycles. The Morgan fingerprint density at radius 1 is 0.582 bits per heavy atom. The van der Waals surface area contributed by atoms with E-state index in [4.69, 9.17) is 18.9 Å². The fourth-order valence-corrected chi connectivity index (χ4v) is 6.07. The summed E-state index contributed by atoms with van der Waals surface area (Å²) in [5, 5.41) is 40.0. The van der Waals surface area contributed by atoms with Gasteiger partial charge >= 0.3 is 11.9 Å². The van der Waals surface area contributed by atoms with Crippen LogP contribution in [0.3, 0.4) is 0 Å². The van der Waals surface area contributed by atoms with Crippen molar-refractivity contribution in [2.24, 2.45) is 0 Å². The van der Waals surface area contributed by atoms with E-state index in [0.29, 0.717) is 12.8 Å². The van der Waals surface area contributed by atoms with Crippen LogP contribution < -0.4 is 0 Å². The molecule has 6 atom stereocenters. The summed E-state index contributed by atoms with van der Waals surface area (Å²) >= 11 is 0. The fraction of sp³-hybridized carbons (Fsp3) is 0.733. The summed E-state index contributed by atoms with van der Waals surface area (Å²) in [6, 6.07) is 0. The SMILES string of the molecule is CC/C=C/C=C/C=C/C=C/CCCCCCCC(=O)O[C@@H](COC(=O)CCCCC/C=C/CCCCCCCCCC)CO[C@H]1O[C@@H](CO)[C@@H](O)C(O)C1O. The van der Waals surface area contributed by atoms with Crippen LogP contribution in [0.4, 0.5) is 0 Å². The fourth-order valence-electron chi connectivity index (χ4n) is 6.07. The number of aliphatic hydroxyl groups excluding tert-OH is 4. The Bertz CT molecular complexity index is 1080. The smallest absolute Gasteiger partial charge is 0.306 e. The maximum Gasteiger partial charge on any atom is 0.306 e. The monoisotopic (exact) mass is 777 g/mol. The molecular formula is C45H76O10. The standard InChI is InChI=1S/C45H76O10/c1-3-5-7-9-11-13-15-17-19-21-23-25-27-29-31-33-40(47)52-36-38(37-53-45-44(51)43(50)42(49)39(35-46)55-45)54-41(48)34-32-30-28-26-24-22-20-18-16-14-12-10-8-6-4-2/h6,8,10,12,14,16,18,20-21,23,38-39,42-46,49-51H,3-5,7,9,11,13,15,17,19,22,24-37H2,1-2H3/b8-6+,12-10+,16-14+,20-18+,23-21+/t38-,39-,42+,43?,44?,45-/m0/s1. The second-order valence-corrected chi connectivity index (χ2v) is 14.5. The Labute approximate surface area is 332 Å². The van der Waals surface area contributed by atoms with Crippen molar-refractivity contribution in [1.82, 2.24) is 0 Å². The van der Waals surface area contributed by atoms with Crippen molar-refractivity contribution in [1.29, 1.82) is 0 Å². The first-order valence-electron chi connectivity index (χ1n) is 21.4. The lowest BCUT2D eigenvalue weighted by Gasteiger charge is -2.39. The van der Waals surface area contributed by atoms with Gasteiger partial charge < -0.3 is 39.4 Å². The molecule has 4 N–H and O–H groups in total. The number of rotatable bonds is 34. The topological polar surface area (TPSA) is 152 Å². The van der Waals surface area contributed by atoms with E-state index in [1.807, 2.05) is 30.4 Å². The van der Waals surface area contributed by atoms with Crippen LogP contribution in [0.1, 0.15) is 155 Å². The van der Waals surface area contributed by atoms with Crippen LogP contribution in [0.15, 0.2) is 60.8 Å². The van der Waals surface area contributed by atoms with Crippen LogP contribution in [-0.4, -0.2) is 89.0 Å². The number of carbonyl (C=O) groups is 2. The number of hydrogen-bond acceptors (Lipinski definition) is 10. The minimum absolute atomic E-state index is 0.198. The van der Waals surface area contributed by atoms with E-state index >= 15 is 0 Å². The van der Waals surface area contributed by atoms with Crippen molar-refractivity contribution in [2.75, 3.05) is 19.8 Å². The van der Waals surface area contributed by atoms with Crippen LogP contribution in [0, 0.1) is 0 Å². The zero-order chi connectivity index (χ0) is 40.2. The van der Waals surface area contributed by atoms with Gasteiger partial charge in [0, 0.05) is 12.8 Å². The second kappa shape index (κ2) is 35.8. The average molecular weight is 777 g/mol. The molecule has 0 amide bonds. The molecule has 0 spiro atoms. The zero-order valence-corrected chi connectivity index (χ0v) is 34.2. The lowest BCUT2D eigenvalue weighted by molar-refractivity contribution is -0.305. The molecule has 0 radical (unpaired) electrons. The third kappa shape index (κ3) is 27.6. The van der Waals surface area contributed by atoms with Crippen LogP contribution in [0.2, 0.25) is 0 Å². The first-order chi connectivity index (χ1) is 26.8. The molecule has 0 aromatic carbocycles. The van der Waals surface area contributed by atoms with E-state index in [1.165, 1.54) is 51.4 Å². The van der Waals surface area contributed by atoms with Gasteiger partial charge in [-0.15, -0.1) is 0 Å². The Morgan fingerprint density at radius 3 is 1.69 bits per heavy atom. The van der Waals surface area contributed by atoms with E-state index in [1.54, 1.807) is 0 Å². The van der Waals surface area contributed by atoms with Gasteiger partial charge in [-0.25, -0.2) is 0 Å². The molecule has 316 valence electrons. The van der Waals surface area contributed by atoms with Gasteiger partial charge in [-0.3, -0.25) is 9.59 Å². The van der Waals surface area contributed by atoms with Crippen molar-refractivity contribution in [3.05, 3.63) is 60.8 Å². The molecule has 55 heavy (non-hydrogen) atoms. The second-order valence-electron chi connectivity index (χ2n) is 14.5. The molecule has 1 aliphatic heterocycles. The summed E-state index contributed by atoms with van der Waals surface area (Å²) in [5.41, 5.74) is 0. The third-order valence-corrected chi connectivity index (χ3v) is 9.48. The quantitative estimate of drug-likeness (QED) is 0.0216. The molecule has 0 aromatic rings. The number of ether oxygens (including phenoxy) is 4. The van der Waals surface area contributed by atoms with Gasteiger partial charge in [0.2, 0.25) is 0 Å². The van der Waals surface area contributed by atoms with Gasteiger partial charge in [-0.1, -0.05) is 145 Å². The summed E-state index contributed by atoms with van der Waals surface area (Å²) in [5.74, 6) is -0.857. The van der Waals surface area contributed by atoms with E-state index in [2.05, 4.69) is 44.2 Å². The first kappa shape index (κ1) is 50.4. The molecular weight excluding hydrogens is 700 g/mol. The predicted octanol–water partition coefficient (Wildman–Crippen LogP) is 8.66. The Morgan fingerprint density at radius 2 is 1.09 bits per heavy atom. The minimum atomic E-state index is -1.60. The van der Waals surface area contributed by atoms with Crippen LogP contribution in [-0.2, 0) is 28.5 Å². The molecule has 0 bridgehead atoms. The predicted molar refractivity (Wildman–Crippen MR) is 219 cm³/mol. The molecule has 1 aliphatic rings. The van der Waals surface area contributed by atoms with Gasteiger partial charge in [-0.05, 0) is 57.8 Å². The van der Waals surface area contributed by atoms with Crippen molar-refractivity contribution < 1.29 is 49.0 Å². The van der Waals surface area contributed by atoms with E-state index < -0.39 is 55.4 Å². The lowest BCUT2D eigenvalue weighted by atomic mass is 9.99. The van der Waals surface area contributed by atoms with E-state index in [0.717, 1.165) is 64.2 Å². The normalized spacial score (nSPS) is 21.2. The lowest BCUT2D eigenvalue weighted by Crippen LogP contribution is -2.59. The third-order valence-electron chi connectivity index (χ3n) is 9.48. The number of unbranched alkanes of at least 4 members (excludes halogenated alkanes) is 16. The highest BCUT2D eigenvalue weighted by Crippen LogP contribution is 2.22. The summed E-state index contributed by atoms with van der Waals surface area (Å²) in [7, 11) is 0. The van der Waals surface area contributed by atoms with Crippen molar-refractivity contribution in [2.45, 2.75) is 192 Å². The van der Waals surface area contributed by atoms with Crippen molar-refractivity contribution in [3.8, 4) is 0 Å². The highest BCUT2D eigenvalue weighted by Gasteiger charge is 2.44. The first-order valence-corrected chi connectivity index (χ1v) is 21.4. The number of aliphatic hydroxyl groups is 4. The molecule has 10 nitrogen and oxygen atoms in total. The number of carbonyl (C=O) groups excluding carboxylic acids is 2. The molecule has 0 saturated carbocycles. The van der Waals surface area contributed by atoms with Crippen molar-refractivity contribution in [3.63, 3.8) is 0 Å². The average Bonchev–Trinajstić information content (AvgIpc) is 3.18. The summed E-state index contributed by atoms with van der Waals surface area (Å²) in [6.07, 6.45) is 35.1. The largest absolute Gasteiger partial charge is 0.462 e. The summed E-state index contributed by atoms with van der Waals surface area (Å²) in [6.45, 7) is 3.23. The van der Waals surface area contributed by atoms with Gasteiger partial charge in [-0.2, -0.15) is 0 Å². The van der Waals surface area contributed by atoms with Gasteiger partial charge in [0.1, 0.15) is 31.0 Å². The number of allylic oxidation sites excluding steroid dienone is 10. The summed E-state index contributed by atoms with van der Waals surface area (Å²) in [4.78, 5) is 25.3. The Balaban J connectivity index is 2.39.